The minimum absolute atomic E-state index is 0.0186. The van der Waals surface area contributed by atoms with Gasteiger partial charge in [-0.25, -0.2) is 9.18 Å². The van der Waals surface area contributed by atoms with Crippen molar-refractivity contribution in [1.82, 2.24) is 9.88 Å². The first-order valence-electron chi connectivity index (χ1n) is 10.4. The molecule has 1 aromatic carbocycles. The molecule has 6 rings (SSSR count). The summed E-state index contributed by atoms with van der Waals surface area (Å²) in [5.41, 5.74) is 1.78. The van der Waals surface area contributed by atoms with E-state index < -0.39 is 11.4 Å². The molecular weight excluding hydrogens is 467 g/mol. The second-order valence-electron chi connectivity index (χ2n) is 9.60. The topological polar surface area (TPSA) is 74.8 Å². The summed E-state index contributed by atoms with van der Waals surface area (Å²) in [6.45, 7) is 8.13. The van der Waals surface area contributed by atoms with Gasteiger partial charge in [-0.3, -0.25) is 9.78 Å². The van der Waals surface area contributed by atoms with Gasteiger partial charge in [0.2, 0.25) is 5.91 Å². The molecule has 7 nitrogen and oxygen atoms in total. The molecular formula is C22H24BrFN4O3. The summed E-state index contributed by atoms with van der Waals surface area (Å²) in [4.78, 5) is 33.3. The largest absolute Gasteiger partial charge is 0.444 e. The van der Waals surface area contributed by atoms with E-state index >= 15 is 0 Å². The highest BCUT2D eigenvalue weighted by atomic mass is 79.9. The summed E-state index contributed by atoms with van der Waals surface area (Å²) < 4.78 is 20.9. The average Bonchev–Trinajstić information content (AvgIpc) is 3.25. The molecule has 2 bridgehead atoms. The SMILES string of the molecule is Cc1cc2c3c(cnc2c(F)c1Br)NC(=O)CN3C1C2CC1N(C(=O)OC(C)(C)C)C2. The maximum absolute atomic E-state index is 14.9. The van der Waals surface area contributed by atoms with Crippen LogP contribution in [0.5, 0.6) is 0 Å². The number of rotatable bonds is 1. The Morgan fingerprint density at radius 2 is 2.13 bits per heavy atom. The molecule has 2 aromatic rings. The van der Waals surface area contributed by atoms with Crippen molar-refractivity contribution in [2.45, 2.75) is 51.8 Å². The van der Waals surface area contributed by atoms with E-state index in [-0.39, 0.29) is 42.1 Å². The molecule has 4 aliphatic rings. The third kappa shape index (κ3) is 3.16. The Bertz CT molecular complexity index is 1130. The lowest BCUT2D eigenvalue weighted by Gasteiger charge is -2.47. The minimum Gasteiger partial charge on any atom is -0.444 e. The van der Waals surface area contributed by atoms with Gasteiger partial charge in [-0.15, -0.1) is 0 Å². The molecule has 3 unspecified atom stereocenters. The van der Waals surface area contributed by atoms with E-state index in [0.717, 1.165) is 17.7 Å². The molecule has 3 fully saturated rings. The number of ether oxygens (including phenoxy) is 1. The summed E-state index contributed by atoms with van der Waals surface area (Å²) >= 11 is 3.30. The van der Waals surface area contributed by atoms with Crippen molar-refractivity contribution < 1.29 is 18.7 Å². The highest BCUT2D eigenvalue weighted by molar-refractivity contribution is 9.10. The molecule has 1 saturated carbocycles. The first-order chi connectivity index (χ1) is 14.5. The lowest BCUT2D eigenvalue weighted by molar-refractivity contribution is -0.115. The van der Waals surface area contributed by atoms with Gasteiger partial charge in [-0.2, -0.15) is 0 Å². The molecule has 0 spiro atoms. The summed E-state index contributed by atoms with van der Waals surface area (Å²) in [5, 5.41) is 3.53. The molecule has 164 valence electrons. The number of aromatic nitrogens is 1. The fourth-order valence-corrected chi connectivity index (χ4v) is 5.35. The van der Waals surface area contributed by atoms with Crippen molar-refractivity contribution in [1.29, 1.82) is 0 Å². The van der Waals surface area contributed by atoms with Gasteiger partial charge in [0.1, 0.15) is 11.1 Å². The van der Waals surface area contributed by atoms with E-state index in [0.29, 0.717) is 22.1 Å². The van der Waals surface area contributed by atoms with Crippen molar-refractivity contribution in [2.24, 2.45) is 5.92 Å². The maximum atomic E-state index is 14.9. The van der Waals surface area contributed by atoms with Crippen LogP contribution in [0.1, 0.15) is 32.8 Å². The number of fused-ring (bicyclic) bond motifs is 4. The second kappa shape index (κ2) is 6.79. The number of hydrogen-bond donors (Lipinski definition) is 1. The Balaban J connectivity index is 1.56. The van der Waals surface area contributed by atoms with Crippen LogP contribution in [0.3, 0.4) is 0 Å². The van der Waals surface area contributed by atoms with Crippen LogP contribution in [0.15, 0.2) is 16.7 Å². The highest BCUT2D eigenvalue weighted by Crippen LogP contribution is 2.49. The van der Waals surface area contributed by atoms with E-state index in [9.17, 15) is 14.0 Å². The summed E-state index contributed by atoms with van der Waals surface area (Å²) in [7, 11) is 0. The minimum atomic E-state index is -0.568. The van der Waals surface area contributed by atoms with Crippen molar-refractivity contribution >= 4 is 50.2 Å². The van der Waals surface area contributed by atoms with Gasteiger partial charge < -0.3 is 19.9 Å². The van der Waals surface area contributed by atoms with Gasteiger partial charge in [-0.05, 0) is 61.7 Å². The summed E-state index contributed by atoms with van der Waals surface area (Å²) in [5.74, 6) is -0.319. The number of aryl methyl sites for hydroxylation is 1. The Kier molecular flexibility index (Phi) is 4.48. The zero-order chi connectivity index (χ0) is 22.2. The molecule has 0 radical (unpaired) electrons. The maximum Gasteiger partial charge on any atom is 0.410 e. The third-order valence-electron chi connectivity index (χ3n) is 6.31. The Hall–Kier alpha value is -2.42. The van der Waals surface area contributed by atoms with Gasteiger partial charge in [0.15, 0.2) is 5.82 Å². The predicted molar refractivity (Wildman–Crippen MR) is 119 cm³/mol. The van der Waals surface area contributed by atoms with Crippen LogP contribution in [-0.4, -0.2) is 52.7 Å². The van der Waals surface area contributed by atoms with Crippen molar-refractivity contribution in [3.05, 3.63) is 28.1 Å². The van der Waals surface area contributed by atoms with Crippen LogP contribution in [0.2, 0.25) is 0 Å². The number of carbonyl (C=O) groups excluding carboxylic acids is 2. The lowest BCUT2D eigenvalue weighted by atomic mass is 9.78. The molecule has 1 N–H and O–H groups in total. The van der Waals surface area contributed by atoms with Crippen LogP contribution in [-0.2, 0) is 9.53 Å². The fraction of sp³-hybridized carbons (Fsp3) is 0.500. The van der Waals surface area contributed by atoms with E-state index in [1.165, 1.54) is 6.20 Å². The predicted octanol–water partition coefficient (Wildman–Crippen LogP) is 4.21. The Morgan fingerprint density at radius 3 is 2.84 bits per heavy atom. The quantitative estimate of drug-likeness (QED) is 0.647. The zero-order valence-corrected chi connectivity index (χ0v) is 19.4. The summed E-state index contributed by atoms with van der Waals surface area (Å²) in [6.07, 6.45) is 2.06. The number of amides is 2. The first-order valence-corrected chi connectivity index (χ1v) is 11.2. The van der Waals surface area contributed by atoms with Crippen LogP contribution in [0.25, 0.3) is 10.9 Å². The molecule has 2 saturated heterocycles. The molecule has 1 aliphatic carbocycles. The lowest BCUT2D eigenvalue weighted by Crippen LogP contribution is -2.58. The number of halogens is 2. The van der Waals surface area contributed by atoms with E-state index in [1.54, 1.807) is 4.90 Å². The number of nitrogens with zero attached hydrogens (tertiary/aromatic N) is 3. The van der Waals surface area contributed by atoms with Gasteiger partial charge in [0.25, 0.3) is 0 Å². The van der Waals surface area contributed by atoms with E-state index in [1.807, 2.05) is 38.7 Å². The Morgan fingerprint density at radius 1 is 1.39 bits per heavy atom. The molecule has 9 heteroatoms. The standard InChI is InChI=1S/C22H24BrFN4O3/c1-10-5-12-18(17(24)16(10)23)25-7-13-20(12)28(9-15(29)26-13)19-11-6-14(19)27(8-11)21(30)31-22(2,3)4/h5,7,11,14,19H,6,8-9H2,1-4H3,(H,26,29). The molecule has 1 aromatic heterocycles. The van der Waals surface area contributed by atoms with Crippen LogP contribution in [0, 0.1) is 18.7 Å². The number of anilines is 2. The Labute approximate surface area is 188 Å². The normalized spacial score (nSPS) is 24.7. The second-order valence-corrected chi connectivity index (χ2v) is 10.4. The van der Waals surface area contributed by atoms with Gasteiger partial charge in [-0.1, -0.05) is 0 Å². The third-order valence-corrected chi connectivity index (χ3v) is 7.29. The van der Waals surface area contributed by atoms with Crippen molar-refractivity contribution in [2.75, 3.05) is 23.3 Å². The fourth-order valence-electron chi connectivity index (χ4n) is 5.05. The van der Waals surface area contributed by atoms with Gasteiger partial charge in [0, 0.05) is 17.8 Å². The van der Waals surface area contributed by atoms with Crippen molar-refractivity contribution in [3.8, 4) is 0 Å². The zero-order valence-electron chi connectivity index (χ0n) is 17.8. The molecule has 3 atom stereocenters. The smallest absolute Gasteiger partial charge is 0.410 e. The van der Waals surface area contributed by atoms with Crippen LogP contribution < -0.4 is 10.2 Å². The van der Waals surface area contributed by atoms with Gasteiger partial charge >= 0.3 is 6.09 Å². The van der Waals surface area contributed by atoms with E-state index in [2.05, 4.69) is 26.2 Å². The molecule has 3 aliphatic heterocycles. The van der Waals surface area contributed by atoms with E-state index in [4.69, 9.17) is 4.74 Å². The number of nitrogens with one attached hydrogen (secondary N) is 1. The highest BCUT2D eigenvalue weighted by Gasteiger charge is 2.58. The number of benzene rings is 1. The van der Waals surface area contributed by atoms with Crippen LogP contribution in [0.4, 0.5) is 20.6 Å². The van der Waals surface area contributed by atoms with Gasteiger partial charge in [0.05, 0.1) is 40.7 Å². The number of carbonyl (C=O) groups is 2. The monoisotopic (exact) mass is 490 g/mol. The first kappa shape index (κ1) is 20.5. The number of hydrogen-bond acceptors (Lipinski definition) is 5. The van der Waals surface area contributed by atoms with Crippen molar-refractivity contribution in [3.63, 3.8) is 0 Å². The summed E-state index contributed by atoms with van der Waals surface area (Å²) in [6, 6.07) is 1.84. The molecule has 4 heterocycles. The molecule has 31 heavy (non-hydrogen) atoms. The average molecular weight is 491 g/mol. The molecule has 2 amide bonds. The van der Waals surface area contributed by atoms with Crippen LogP contribution >= 0.6 is 15.9 Å². The number of pyridine rings is 1.